The van der Waals surface area contributed by atoms with Crippen LogP contribution in [-0.4, -0.2) is 32.4 Å². The summed E-state index contributed by atoms with van der Waals surface area (Å²) in [5.74, 6) is -0.344. The first kappa shape index (κ1) is 10.8. The molecule has 0 fully saturated rings. The van der Waals surface area contributed by atoms with Crippen LogP contribution in [0.25, 0.3) is 0 Å². The molecule has 1 heterocycles. The van der Waals surface area contributed by atoms with Crippen LogP contribution in [0.1, 0.15) is 13.3 Å². The molecule has 0 atom stereocenters. The van der Waals surface area contributed by atoms with Gasteiger partial charge in [0.05, 0.1) is 6.61 Å². The molecule has 0 saturated heterocycles. The molecule has 14 heavy (non-hydrogen) atoms. The van der Waals surface area contributed by atoms with E-state index in [1.165, 1.54) is 9.36 Å². The molecular formula is C7H12N4O2S. The van der Waals surface area contributed by atoms with Crippen LogP contribution in [0.3, 0.4) is 0 Å². The summed E-state index contributed by atoms with van der Waals surface area (Å²) in [6, 6.07) is 0. The van der Waals surface area contributed by atoms with Gasteiger partial charge in [-0.1, -0.05) is 6.92 Å². The van der Waals surface area contributed by atoms with E-state index in [4.69, 9.17) is 17.0 Å². The summed E-state index contributed by atoms with van der Waals surface area (Å²) in [6.45, 7) is 2.38. The van der Waals surface area contributed by atoms with Crippen LogP contribution in [0.15, 0.2) is 0 Å². The number of carbonyl (C=O) groups is 1. The monoisotopic (exact) mass is 216 g/mol. The first-order valence-corrected chi connectivity index (χ1v) is 4.68. The number of hydrogen-bond acceptors (Lipinski definition) is 5. The van der Waals surface area contributed by atoms with Crippen LogP contribution >= 0.6 is 12.2 Å². The molecule has 0 aliphatic rings. The van der Waals surface area contributed by atoms with Gasteiger partial charge in [-0.25, -0.2) is 9.36 Å². The fourth-order valence-electron chi connectivity index (χ4n) is 0.835. The van der Waals surface area contributed by atoms with Crippen LogP contribution in [0, 0.1) is 4.77 Å². The predicted molar refractivity (Wildman–Crippen MR) is 51.1 cm³/mol. The molecule has 1 rings (SSSR count). The molecule has 78 valence electrons. The van der Waals surface area contributed by atoms with Gasteiger partial charge in [0.15, 0.2) is 0 Å². The van der Waals surface area contributed by atoms with Crippen molar-refractivity contribution in [3.05, 3.63) is 4.77 Å². The molecule has 0 amide bonds. The minimum Gasteiger partial charge on any atom is -0.464 e. The highest BCUT2D eigenvalue weighted by atomic mass is 32.1. The summed E-state index contributed by atoms with van der Waals surface area (Å²) >= 11 is 4.95. The highest BCUT2D eigenvalue weighted by Crippen LogP contribution is 1.90. The van der Waals surface area contributed by atoms with E-state index in [0.717, 1.165) is 6.42 Å². The van der Waals surface area contributed by atoms with Gasteiger partial charge in [-0.2, -0.15) is 0 Å². The Bertz CT molecular complexity index is 370. The van der Waals surface area contributed by atoms with Crippen LogP contribution in [0.2, 0.25) is 0 Å². The Balaban J connectivity index is 2.56. The molecule has 0 saturated carbocycles. The van der Waals surface area contributed by atoms with Crippen LogP contribution in [-0.2, 0) is 23.1 Å². The third-order valence-electron chi connectivity index (χ3n) is 1.53. The molecule has 6 nitrogen and oxygen atoms in total. The van der Waals surface area contributed by atoms with Gasteiger partial charge < -0.3 is 4.74 Å². The Kier molecular flexibility index (Phi) is 3.75. The maximum Gasteiger partial charge on any atom is 0.327 e. The van der Waals surface area contributed by atoms with Crippen molar-refractivity contribution in [3.8, 4) is 0 Å². The van der Waals surface area contributed by atoms with E-state index in [0.29, 0.717) is 11.4 Å². The molecular weight excluding hydrogens is 204 g/mol. The van der Waals surface area contributed by atoms with Gasteiger partial charge in [-0.05, 0) is 29.1 Å². The third-order valence-corrected chi connectivity index (χ3v) is 2.00. The molecule has 0 spiro atoms. The number of nitrogens with zero attached hydrogens (tertiary/aromatic N) is 4. The molecule has 0 radical (unpaired) electrons. The molecule has 1 aromatic rings. The Morgan fingerprint density at radius 3 is 2.79 bits per heavy atom. The van der Waals surface area contributed by atoms with Crippen molar-refractivity contribution < 1.29 is 9.53 Å². The van der Waals surface area contributed by atoms with Gasteiger partial charge in [0.25, 0.3) is 0 Å². The maximum absolute atomic E-state index is 11.2. The van der Waals surface area contributed by atoms with Crippen LogP contribution in [0.5, 0.6) is 0 Å². The number of ether oxygens (including phenoxy) is 1. The predicted octanol–water partition coefficient (Wildman–Crippen LogP) is 0.299. The number of aryl methyl sites for hydroxylation is 1. The summed E-state index contributed by atoms with van der Waals surface area (Å²) in [6.07, 6.45) is 0.803. The van der Waals surface area contributed by atoms with E-state index >= 15 is 0 Å². The molecule has 1 aromatic heterocycles. The fraction of sp³-hybridized carbons (Fsp3) is 0.714. The van der Waals surface area contributed by atoms with Gasteiger partial charge in [0, 0.05) is 7.05 Å². The van der Waals surface area contributed by atoms with Gasteiger partial charge >= 0.3 is 5.97 Å². The molecule has 7 heteroatoms. The largest absolute Gasteiger partial charge is 0.464 e. The zero-order valence-corrected chi connectivity index (χ0v) is 8.95. The Hall–Kier alpha value is -1.24. The Labute approximate surface area is 86.4 Å². The fourth-order valence-corrected chi connectivity index (χ4v) is 0.973. The van der Waals surface area contributed by atoms with Crippen molar-refractivity contribution >= 4 is 18.2 Å². The van der Waals surface area contributed by atoms with Gasteiger partial charge in [0.2, 0.25) is 4.77 Å². The van der Waals surface area contributed by atoms with Crippen molar-refractivity contribution in [1.29, 1.82) is 0 Å². The van der Waals surface area contributed by atoms with Gasteiger partial charge in [0.1, 0.15) is 6.54 Å². The van der Waals surface area contributed by atoms with Crippen LogP contribution < -0.4 is 0 Å². The highest BCUT2D eigenvalue weighted by molar-refractivity contribution is 7.71. The summed E-state index contributed by atoms with van der Waals surface area (Å²) in [5, 5.41) is 7.36. The lowest BCUT2D eigenvalue weighted by molar-refractivity contribution is -0.144. The van der Waals surface area contributed by atoms with Crippen molar-refractivity contribution in [3.63, 3.8) is 0 Å². The van der Waals surface area contributed by atoms with Gasteiger partial charge in [-0.15, -0.1) is 0 Å². The molecule has 0 N–H and O–H groups in total. The normalized spacial score (nSPS) is 10.1. The number of rotatable bonds is 4. The quantitative estimate of drug-likeness (QED) is 0.535. The molecule has 0 unspecified atom stereocenters. The second kappa shape index (κ2) is 4.85. The van der Waals surface area contributed by atoms with Crippen molar-refractivity contribution in [2.24, 2.45) is 7.05 Å². The number of hydrogen-bond donors (Lipinski definition) is 0. The first-order chi connectivity index (χ1) is 6.65. The number of aromatic nitrogens is 4. The minimum absolute atomic E-state index is 0.0205. The first-order valence-electron chi connectivity index (χ1n) is 4.27. The standard InChI is InChI=1S/C7H12N4O2S/c1-3-4-13-6(12)5-11-7(14)10(2)8-9-11/h3-5H2,1-2H3. The lowest BCUT2D eigenvalue weighted by Crippen LogP contribution is -2.15. The lowest BCUT2D eigenvalue weighted by Gasteiger charge is -2.01. The number of esters is 1. The lowest BCUT2D eigenvalue weighted by atomic mass is 10.5. The van der Waals surface area contributed by atoms with E-state index in [-0.39, 0.29) is 12.5 Å². The Morgan fingerprint density at radius 1 is 1.57 bits per heavy atom. The van der Waals surface area contributed by atoms with Crippen LogP contribution in [0.4, 0.5) is 0 Å². The number of tetrazole rings is 1. The zero-order chi connectivity index (χ0) is 10.6. The van der Waals surface area contributed by atoms with E-state index in [1.54, 1.807) is 7.05 Å². The highest BCUT2D eigenvalue weighted by Gasteiger charge is 2.07. The summed E-state index contributed by atoms with van der Waals surface area (Å²) in [7, 11) is 1.67. The zero-order valence-electron chi connectivity index (χ0n) is 8.13. The number of carbonyl (C=O) groups excluding carboxylic acids is 1. The summed E-state index contributed by atoms with van der Waals surface area (Å²) in [4.78, 5) is 11.2. The smallest absolute Gasteiger partial charge is 0.327 e. The molecule has 0 aliphatic carbocycles. The van der Waals surface area contributed by atoms with Gasteiger partial charge in [-0.3, -0.25) is 4.79 Å². The minimum atomic E-state index is -0.344. The van der Waals surface area contributed by atoms with Crippen molar-refractivity contribution in [1.82, 2.24) is 19.8 Å². The SMILES string of the molecule is CCCOC(=O)Cn1nnn(C)c1=S. The maximum atomic E-state index is 11.2. The van der Waals surface area contributed by atoms with Crippen molar-refractivity contribution in [2.75, 3.05) is 6.61 Å². The third kappa shape index (κ3) is 2.63. The topological polar surface area (TPSA) is 61.9 Å². The Morgan fingerprint density at radius 2 is 2.29 bits per heavy atom. The van der Waals surface area contributed by atoms with E-state index in [9.17, 15) is 4.79 Å². The summed E-state index contributed by atoms with van der Waals surface area (Å²) in [5.41, 5.74) is 0. The average molecular weight is 216 g/mol. The average Bonchev–Trinajstić information content (AvgIpc) is 2.46. The second-order valence-corrected chi connectivity index (χ2v) is 3.13. The second-order valence-electron chi connectivity index (χ2n) is 2.76. The van der Waals surface area contributed by atoms with E-state index < -0.39 is 0 Å². The molecule has 0 aliphatic heterocycles. The van der Waals surface area contributed by atoms with E-state index in [1.807, 2.05) is 6.92 Å². The van der Waals surface area contributed by atoms with E-state index in [2.05, 4.69) is 10.4 Å². The molecule has 0 bridgehead atoms. The molecule has 0 aromatic carbocycles. The van der Waals surface area contributed by atoms with Crippen molar-refractivity contribution in [2.45, 2.75) is 19.9 Å². The summed E-state index contributed by atoms with van der Waals surface area (Å²) < 4.78 is 8.02.